The van der Waals surface area contributed by atoms with Crippen LogP contribution in [-0.4, -0.2) is 33.7 Å². The summed E-state index contributed by atoms with van der Waals surface area (Å²) >= 11 is 0. The second-order valence-corrected chi connectivity index (χ2v) is 7.67. The van der Waals surface area contributed by atoms with Gasteiger partial charge in [-0.15, -0.1) is 0 Å². The number of carbonyl (C=O) groups is 1. The summed E-state index contributed by atoms with van der Waals surface area (Å²) in [5, 5.41) is 21.0. The van der Waals surface area contributed by atoms with Crippen LogP contribution >= 0.6 is 0 Å². The average molecular weight is 441 g/mol. The van der Waals surface area contributed by atoms with Gasteiger partial charge in [-0.25, -0.2) is 0 Å². The van der Waals surface area contributed by atoms with Gasteiger partial charge in [0.25, 0.3) is 5.69 Å². The lowest BCUT2D eigenvalue weighted by Crippen LogP contribution is -2.30. The van der Waals surface area contributed by atoms with Crippen molar-refractivity contribution in [3.05, 3.63) is 50.8 Å². The van der Waals surface area contributed by atoms with Crippen LogP contribution in [0.5, 0.6) is 0 Å². The number of hydrogen-bond acceptors (Lipinski definition) is 5. The molecule has 0 aliphatic rings. The van der Waals surface area contributed by atoms with Gasteiger partial charge in [0.15, 0.2) is 0 Å². The van der Waals surface area contributed by atoms with Crippen molar-refractivity contribution in [2.75, 3.05) is 18.4 Å². The van der Waals surface area contributed by atoms with Crippen LogP contribution in [0.3, 0.4) is 0 Å². The van der Waals surface area contributed by atoms with Gasteiger partial charge < -0.3 is 10.6 Å². The minimum absolute atomic E-state index is 0.0473. The maximum atomic E-state index is 12.8. The summed E-state index contributed by atoms with van der Waals surface area (Å²) in [6.07, 6.45) is -4.52. The minimum atomic E-state index is -4.67. The predicted octanol–water partition coefficient (Wildman–Crippen LogP) is 3.85. The molecule has 2 rings (SSSR count). The summed E-state index contributed by atoms with van der Waals surface area (Å²) in [4.78, 5) is 22.5. The molecule has 31 heavy (non-hydrogen) atoms. The number of nitro groups is 1. The Hall–Kier alpha value is -3.11. The smallest absolute Gasteiger partial charge is 0.378 e. The van der Waals surface area contributed by atoms with E-state index in [-0.39, 0.29) is 31.1 Å². The molecule has 0 fully saturated rings. The van der Waals surface area contributed by atoms with Crippen LogP contribution in [0.2, 0.25) is 0 Å². The molecule has 0 aliphatic heterocycles. The van der Waals surface area contributed by atoms with Crippen molar-refractivity contribution < 1.29 is 22.9 Å². The highest BCUT2D eigenvalue weighted by Crippen LogP contribution is 2.34. The van der Waals surface area contributed by atoms with Gasteiger partial charge in [-0.05, 0) is 31.9 Å². The second kappa shape index (κ2) is 9.80. The highest BCUT2D eigenvalue weighted by molar-refractivity contribution is 5.79. The Balaban J connectivity index is 1.93. The molecule has 1 heterocycles. The maximum Gasteiger partial charge on any atom is 0.416 e. The summed E-state index contributed by atoms with van der Waals surface area (Å²) < 4.78 is 40.2. The van der Waals surface area contributed by atoms with Crippen molar-refractivity contribution in [2.24, 2.45) is 5.92 Å². The summed E-state index contributed by atoms with van der Waals surface area (Å²) in [7, 11) is 0. The number of nitrogens with one attached hydrogen (secondary N) is 2. The highest BCUT2D eigenvalue weighted by atomic mass is 19.4. The fraction of sp³-hybridized carbons (Fsp3) is 0.500. The Bertz CT molecular complexity index is 954. The first-order valence-electron chi connectivity index (χ1n) is 9.79. The molecular formula is C20H26F3N5O3. The van der Waals surface area contributed by atoms with Gasteiger partial charge in [0.2, 0.25) is 5.91 Å². The summed E-state index contributed by atoms with van der Waals surface area (Å²) in [6, 6.07) is 2.27. The van der Waals surface area contributed by atoms with Crippen LogP contribution < -0.4 is 10.6 Å². The van der Waals surface area contributed by atoms with Crippen molar-refractivity contribution in [2.45, 2.75) is 46.8 Å². The fourth-order valence-corrected chi connectivity index (χ4v) is 3.14. The van der Waals surface area contributed by atoms with Gasteiger partial charge in [0.05, 0.1) is 22.6 Å². The standard InChI is InChI=1S/C20H26F3N5O3/c1-12(2)11-27-14(4)16(13(3)26-27)10-19(29)25-8-7-24-17-6-5-15(20(21,22)23)9-18(17)28(30)31/h5-6,9,12,24H,7-8,10-11H2,1-4H3,(H,25,29). The molecule has 0 saturated heterocycles. The van der Waals surface area contributed by atoms with E-state index in [1.54, 1.807) is 0 Å². The van der Waals surface area contributed by atoms with Crippen molar-refractivity contribution >= 4 is 17.3 Å². The maximum absolute atomic E-state index is 12.8. The minimum Gasteiger partial charge on any atom is -0.378 e. The SMILES string of the molecule is Cc1nn(CC(C)C)c(C)c1CC(=O)NCCNc1ccc(C(F)(F)F)cc1[N+](=O)[O-]. The van der Waals surface area contributed by atoms with Crippen molar-refractivity contribution in [1.82, 2.24) is 15.1 Å². The van der Waals surface area contributed by atoms with E-state index < -0.39 is 22.4 Å². The number of aromatic nitrogens is 2. The number of nitro benzene ring substituents is 1. The van der Waals surface area contributed by atoms with E-state index in [1.807, 2.05) is 18.5 Å². The molecular weight excluding hydrogens is 415 g/mol. The first kappa shape index (κ1) is 24.2. The van der Waals surface area contributed by atoms with E-state index in [0.29, 0.717) is 12.0 Å². The Morgan fingerprint density at radius 2 is 1.94 bits per heavy atom. The second-order valence-electron chi connectivity index (χ2n) is 7.67. The topological polar surface area (TPSA) is 102 Å². The zero-order valence-electron chi connectivity index (χ0n) is 17.8. The van der Waals surface area contributed by atoms with Crippen LogP contribution in [0.1, 0.15) is 36.4 Å². The highest BCUT2D eigenvalue weighted by Gasteiger charge is 2.33. The lowest BCUT2D eigenvalue weighted by molar-refractivity contribution is -0.384. The molecule has 1 aromatic carbocycles. The Labute approximate surface area is 178 Å². The number of alkyl halides is 3. The molecule has 2 N–H and O–H groups in total. The lowest BCUT2D eigenvalue weighted by atomic mass is 10.1. The number of halogens is 3. The van der Waals surface area contributed by atoms with Gasteiger partial charge in [0.1, 0.15) is 5.69 Å². The third-order valence-corrected chi connectivity index (χ3v) is 4.69. The van der Waals surface area contributed by atoms with Gasteiger partial charge in [0, 0.05) is 37.0 Å². The lowest BCUT2D eigenvalue weighted by Gasteiger charge is -2.11. The van der Waals surface area contributed by atoms with E-state index in [9.17, 15) is 28.1 Å². The van der Waals surface area contributed by atoms with Crippen molar-refractivity contribution in [3.8, 4) is 0 Å². The van der Waals surface area contributed by atoms with E-state index in [2.05, 4.69) is 29.6 Å². The number of anilines is 1. The quantitative estimate of drug-likeness (QED) is 0.350. The molecule has 0 aliphatic carbocycles. The molecule has 0 radical (unpaired) electrons. The largest absolute Gasteiger partial charge is 0.416 e. The molecule has 0 unspecified atom stereocenters. The fourth-order valence-electron chi connectivity index (χ4n) is 3.14. The number of benzene rings is 1. The first-order chi connectivity index (χ1) is 14.4. The molecule has 0 atom stereocenters. The molecule has 170 valence electrons. The number of carbonyl (C=O) groups excluding carboxylic acids is 1. The molecule has 11 heteroatoms. The number of rotatable bonds is 9. The Kier molecular flexibility index (Phi) is 7.64. The van der Waals surface area contributed by atoms with Crippen molar-refractivity contribution in [3.63, 3.8) is 0 Å². The van der Waals surface area contributed by atoms with Crippen LogP contribution in [0.25, 0.3) is 0 Å². The number of amides is 1. The van der Waals surface area contributed by atoms with E-state index >= 15 is 0 Å². The third-order valence-electron chi connectivity index (χ3n) is 4.69. The van der Waals surface area contributed by atoms with Crippen LogP contribution in [-0.2, 0) is 23.9 Å². The molecule has 2 aromatic rings. The van der Waals surface area contributed by atoms with Gasteiger partial charge in [-0.1, -0.05) is 13.8 Å². The monoisotopic (exact) mass is 441 g/mol. The van der Waals surface area contributed by atoms with E-state index in [1.165, 1.54) is 0 Å². The average Bonchev–Trinajstić information content (AvgIpc) is 2.91. The molecule has 1 amide bonds. The van der Waals surface area contributed by atoms with Gasteiger partial charge >= 0.3 is 6.18 Å². The number of hydrogen-bond donors (Lipinski definition) is 2. The normalized spacial score (nSPS) is 11.6. The van der Waals surface area contributed by atoms with Gasteiger partial charge in [-0.3, -0.25) is 19.6 Å². The van der Waals surface area contributed by atoms with Crippen LogP contribution in [0, 0.1) is 29.9 Å². The van der Waals surface area contributed by atoms with Crippen molar-refractivity contribution in [1.29, 1.82) is 0 Å². The summed E-state index contributed by atoms with van der Waals surface area (Å²) in [5.41, 5.74) is 0.747. The number of aryl methyl sites for hydroxylation is 1. The zero-order chi connectivity index (χ0) is 23.3. The van der Waals surface area contributed by atoms with E-state index in [4.69, 9.17) is 0 Å². The summed E-state index contributed by atoms with van der Waals surface area (Å²) in [6.45, 7) is 8.93. The Morgan fingerprint density at radius 1 is 1.26 bits per heavy atom. The first-order valence-corrected chi connectivity index (χ1v) is 9.79. The number of nitrogens with zero attached hydrogens (tertiary/aromatic N) is 3. The summed E-state index contributed by atoms with van der Waals surface area (Å²) in [5.74, 6) is 0.180. The predicted molar refractivity (Wildman–Crippen MR) is 110 cm³/mol. The molecule has 1 aromatic heterocycles. The Morgan fingerprint density at radius 3 is 2.52 bits per heavy atom. The molecule has 0 saturated carbocycles. The van der Waals surface area contributed by atoms with Crippen LogP contribution in [0.4, 0.5) is 24.5 Å². The zero-order valence-corrected chi connectivity index (χ0v) is 17.8. The van der Waals surface area contributed by atoms with Crippen LogP contribution in [0.15, 0.2) is 18.2 Å². The van der Waals surface area contributed by atoms with Gasteiger partial charge in [-0.2, -0.15) is 18.3 Å². The van der Waals surface area contributed by atoms with E-state index in [0.717, 1.165) is 35.6 Å². The molecule has 0 spiro atoms. The third kappa shape index (κ3) is 6.43. The molecule has 0 bridgehead atoms. The molecule has 8 nitrogen and oxygen atoms in total.